The third-order valence-electron chi connectivity index (χ3n) is 4.00. The van der Waals surface area contributed by atoms with E-state index in [0.717, 1.165) is 16.6 Å². The smallest absolute Gasteiger partial charge is 0.257 e. The average molecular weight is 344 g/mol. The fourth-order valence-corrected chi connectivity index (χ4v) is 2.66. The summed E-state index contributed by atoms with van der Waals surface area (Å²) in [5.41, 5.74) is 2.89. The molecule has 0 aliphatic carbocycles. The molecule has 4 rings (SSSR count). The summed E-state index contributed by atoms with van der Waals surface area (Å²) in [5, 5.41) is 3.73. The van der Waals surface area contributed by atoms with E-state index in [1.54, 1.807) is 36.8 Å². The number of fused-ring (bicyclic) bond motifs is 1. The molecule has 0 radical (unpaired) electrons. The highest BCUT2D eigenvalue weighted by molar-refractivity contribution is 6.12. The van der Waals surface area contributed by atoms with Gasteiger partial charge in [0.15, 0.2) is 5.75 Å². The van der Waals surface area contributed by atoms with Gasteiger partial charge in [-0.05, 0) is 31.2 Å². The molecule has 0 unspecified atom stereocenters. The van der Waals surface area contributed by atoms with Crippen LogP contribution >= 0.6 is 0 Å². The van der Waals surface area contributed by atoms with Crippen LogP contribution in [0.3, 0.4) is 0 Å². The Kier molecular flexibility index (Phi) is 4.07. The molecule has 0 fully saturated rings. The molecule has 0 atom stereocenters. The van der Waals surface area contributed by atoms with Crippen LogP contribution in [0.2, 0.25) is 0 Å². The minimum Gasteiger partial charge on any atom is -0.437 e. The maximum Gasteiger partial charge on any atom is 0.257 e. The highest BCUT2D eigenvalue weighted by Gasteiger charge is 2.12. The fourth-order valence-electron chi connectivity index (χ4n) is 2.66. The first kappa shape index (κ1) is 15.8. The second-order valence-corrected chi connectivity index (χ2v) is 5.78. The van der Waals surface area contributed by atoms with Crippen LogP contribution in [0.5, 0.6) is 11.6 Å². The molecule has 1 aromatic carbocycles. The lowest BCUT2D eigenvalue weighted by Crippen LogP contribution is -2.11. The van der Waals surface area contributed by atoms with E-state index in [-0.39, 0.29) is 5.91 Å². The highest BCUT2D eigenvalue weighted by Crippen LogP contribution is 2.23. The average Bonchev–Trinajstić information content (AvgIpc) is 3.09. The summed E-state index contributed by atoms with van der Waals surface area (Å²) in [4.78, 5) is 24.0. The van der Waals surface area contributed by atoms with Gasteiger partial charge in [-0.1, -0.05) is 18.2 Å². The number of carbonyl (C=O) groups is 1. The number of hydrogen-bond acceptors (Lipinski definition) is 4. The number of nitrogens with zero attached hydrogens (tertiary/aromatic N) is 2. The van der Waals surface area contributed by atoms with Crippen molar-refractivity contribution in [2.24, 2.45) is 0 Å². The van der Waals surface area contributed by atoms with Gasteiger partial charge in [0.25, 0.3) is 5.91 Å². The number of amides is 1. The van der Waals surface area contributed by atoms with E-state index < -0.39 is 0 Å². The lowest BCUT2D eigenvalue weighted by Gasteiger charge is -2.08. The van der Waals surface area contributed by atoms with E-state index in [1.165, 1.54) is 0 Å². The maximum atomic E-state index is 12.5. The lowest BCUT2D eigenvalue weighted by molar-refractivity contribution is 0.102. The fraction of sp³-hybridized carbons (Fsp3) is 0.0500. The number of hydrogen-bond donors (Lipinski definition) is 2. The Hall–Kier alpha value is -3.67. The molecule has 0 aliphatic heterocycles. The number of anilines is 1. The zero-order valence-corrected chi connectivity index (χ0v) is 14.1. The van der Waals surface area contributed by atoms with Gasteiger partial charge in [-0.2, -0.15) is 0 Å². The Bertz CT molecular complexity index is 1070. The highest BCUT2D eigenvalue weighted by atomic mass is 16.5. The number of para-hydroxylation sites is 1. The largest absolute Gasteiger partial charge is 0.437 e. The second-order valence-electron chi connectivity index (χ2n) is 5.78. The third-order valence-corrected chi connectivity index (χ3v) is 4.00. The van der Waals surface area contributed by atoms with E-state index in [0.29, 0.717) is 22.9 Å². The number of pyridine rings is 2. The Morgan fingerprint density at radius 2 is 1.96 bits per heavy atom. The third kappa shape index (κ3) is 3.12. The first-order valence-electron chi connectivity index (χ1n) is 8.14. The topological polar surface area (TPSA) is 79.9 Å². The van der Waals surface area contributed by atoms with Crippen molar-refractivity contribution in [3.8, 4) is 11.6 Å². The summed E-state index contributed by atoms with van der Waals surface area (Å²) in [5.74, 6) is 0.891. The molecule has 6 nitrogen and oxygen atoms in total. The molecule has 4 aromatic rings. The predicted octanol–water partition coefficient (Wildman–Crippen LogP) is 4.31. The molecule has 128 valence electrons. The number of aryl methyl sites for hydroxylation is 1. The van der Waals surface area contributed by atoms with Crippen LogP contribution in [0.1, 0.15) is 16.1 Å². The van der Waals surface area contributed by atoms with Crippen LogP contribution in [0.15, 0.2) is 67.1 Å². The minimum absolute atomic E-state index is 0.193. The van der Waals surface area contributed by atoms with Gasteiger partial charge in [-0.15, -0.1) is 0 Å². The summed E-state index contributed by atoms with van der Waals surface area (Å²) in [6, 6.07) is 14.8. The number of ether oxygens (including phenoxy) is 1. The number of aromatic nitrogens is 3. The number of nitrogens with one attached hydrogen (secondary N) is 2. The van der Waals surface area contributed by atoms with Gasteiger partial charge in [-0.3, -0.25) is 9.78 Å². The second kappa shape index (κ2) is 6.68. The molecule has 0 spiro atoms. The molecule has 3 aromatic heterocycles. The number of carbonyl (C=O) groups excluding carboxylic acids is 1. The van der Waals surface area contributed by atoms with Crippen molar-refractivity contribution in [2.45, 2.75) is 6.92 Å². The molecular weight excluding hydrogens is 328 g/mol. The first-order valence-corrected chi connectivity index (χ1v) is 8.14. The van der Waals surface area contributed by atoms with E-state index in [2.05, 4.69) is 20.3 Å². The van der Waals surface area contributed by atoms with Crippen LogP contribution < -0.4 is 10.1 Å². The van der Waals surface area contributed by atoms with E-state index in [9.17, 15) is 4.79 Å². The molecular formula is C20H16N4O2. The van der Waals surface area contributed by atoms with Crippen molar-refractivity contribution >= 4 is 22.5 Å². The summed E-state index contributed by atoms with van der Waals surface area (Å²) < 4.78 is 5.71. The van der Waals surface area contributed by atoms with Gasteiger partial charge in [0.2, 0.25) is 5.88 Å². The Balaban J connectivity index is 1.49. The number of H-pyrrole nitrogens is 1. The standard InChI is InChI=1S/C20H16N4O2/c1-13-18(7-4-10-21-13)26-19-9-8-14(11-23-19)24-20(25)16-12-22-17-6-3-2-5-15(16)17/h2-12,22H,1H3,(H,24,25). The maximum absolute atomic E-state index is 12.5. The molecule has 6 heteroatoms. The molecule has 26 heavy (non-hydrogen) atoms. The minimum atomic E-state index is -0.193. The summed E-state index contributed by atoms with van der Waals surface area (Å²) in [6.07, 6.45) is 4.98. The molecule has 3 heterocycles. The van der Waals surface area contributed by atoms with Gasteiger partial charge in [0, 0.05) is 29.4 Å². The van der Waals surface area contributed by atoms with Crippen molar-refractivity contribution in [1.29, 1.82) is 0 Å². The SMILES string of the molecule is Cc1ncccc1Oc1ccc(NC(=O)c2c[nH]c3ccccc23)cn1. The van der Waals surface area contributed by atoms with E-state index in [4.69, 9.17) is 4.74 Å². The van der Waals surface area contributed by atoms with Crippen LogP contribution in [-0.2, 0) is 0 Å². The van der Waals surface area contributed by atoms with E-state index in [1.807, 2.05) is 37.3 Å². The van der Waals surface area contributed by atoms with Gasteiger partial charge in [-0.25, -0.2) is 4.98 Å². The van der Waals surface area contributed by atoms with Gasteiger partial charge >= 0.3 is 0 Å². The number of benzene rings is 1. The van der Waals surface area contributed by atoms with Crippen molar-refractivity contribution in [3.05, 3.63) is 78.4 Å². The zero-order chi connectivity index (χ0) is 17.9. The summed E-state index contributed by atoms with van der Waals surface area (Å²) >= 11 is 0. The van der Waals surface area contributed by atoms with Crippen LogP contribution in [0.25, 0.3) is 10.9 Å². The molecule has 2 N–H and O–H groups in total. The Morgan fingerprint density at radius 1 is 1.08 bits per heavy atom. The normalized spacial score (nSPS) is 10.7. The van der Waals surface area contributed by atoms with Crippen LogP contribution in [0, 0.1) is 6.92 Å². The quantitative estimate of drug-likeness (QED) is 0.578. The molecule has 0 bridgehead atoms. The van der Waals surface area contributed by atoms with Gasteiger partial charge in [0.05, 0.1) is 23.1 Å². The van der Waals surface area contributed by atoms with Gasteiger partial charge in [0.1, 0.15) is 0 Å². The van der Waals surface area contributed by atoms with Crippen LogP contribution in [0.4, 0.5) is 5.69 Å². The number of rotatable bonds is 4. The Morgan fingerprint density at radius 3 is 2.77 bits per heavy atom. The van der Waals surface area contributed by atoms with E-state index >= 15 is 0 Å². The van der Waals surface area contributed by atoms with Crippen molar-refractivity contribution in [2.75, 3.05) is 5.32 Å². The summed E-state index contributed by atoms with van der Waals surface area (Å²) in [6.45, 7) is 1.87. The molecule has 1 amide bonds. The monoisotopic (exact) mass is 344 g/mol. The molecule has 0 aliphatic rings. The Labute approximate surface area is 149 Å². The van der Waals surface area contributed by atoms with Crippen molar-refractivity contribution in [1.82, 2.24) is 15.0 Å². The lowest BCUT2D eigenvalue weighted by atomic mass is 10.1. The molecule has 0 saturated heterocycles. The predicted molar refractivity (Wildman–Crippen MR) is 99.5 cm³/mol. The summed E-state index contributed by atoms with van der Waals surface area (Å²) in [7, 11) is 0. The molecule has 0 saturated carbocycles. The first-order chi connectivity index (χ1) is 12.7. The zero-order valence-electron chi connectivity index (χ0n) is 14.1. The van der Waals surface area contributed by atoms with Crippen LogP contribution in [-0.4, -0.2) is 20.9 Å². The number of aromatic amines is 1. The van der Waals surface area contributed by atoms with Crippen molar-refractivity contribution in [3.63, 3.8) is 0 Å². The van der Waals surface area contributed by atoms with Crippen molar-refractivity contribution < 1.29 is 9.53 Å². The van der Waals surface area contributed by atoms with Gasteiger partial charge < -0.3 is 15.0 Å².